The number of esters is 1. The Morgan fingerprint density at radius 3 is 2.26 bits per heavy atom. The molecule has 0 aliphatic heterocycles. The quantitative estimate of drug-likeness (QED) is 0.526. The highest BCUT2D eigenvalue weighted by Crippen LogP contribution is 2.25. The molecule has 2 aromatic rings. The molecule has 3 heteroatoms. The Balaban J connectivity index is 1.88. The molecule has 122 valence electrons. The van der Waals surface area contributed by atoms with Gasteiger partial charge < -0.3 is 4.74 Å². The highest BCUT2D eigenvalue weighted by Gasteiger charge is 2.09. The molecule has 2 aromatic carbocycles. The molecule has 0 N–H and O–H groups in total. The van der Waals surface area contributed by atoms with Crippen molar-refractivity contribution < 1.29 is 9.53 Å². The van der Waals surface area contributed by atoms with E-state index in [0.29, 0.717) is 6.42 Å². The molecule has 0 aromatic heterocycles. The number of ether oxygens (including phenoxy) is 1. The SMILES string of the molecule is COC(=O)CCCc1ccc(C(Cl)Cc2ccc(C)cc2)cc1. The summed E-state index contributed by atoms with van der Waals surface area (Å²) in [4.78, 5) is 11.1. The fourth-order valence-electron chi connectivity index (χ4n) is 2.48. The molecule has 0 radical (unpaired) electrons. The number of halogens is 1. The first-order chi connectivity index (χ1) is 11.1. The van der Waals surface area contributed by atoms with Crippen LogP contribution in [0.2, 0.25) is 0 Å². The molecule has 0 spiro atoms. The minimum absolute atomic E-state index is 0.0261. The molecule has 23 heavy (non-hydrogen) atoms. The number of rotatable bonds is 7. The molecule has 0 saturated carbocycles. The Bertz CT molecular complexity index is 617. The van der Waals surface area contributed by atoms with Crippen LogP contribution in [-0.4, -0.2) is 13.1 Å². The van der Waals surface area contributed by atoms with Crippen molar-refractivity contribution in [3.05, 3.63) is 70.8 Å². The van der Waals surface area contributed by atoms with Crippen LogP contribution in [0.25, 0.3) is 0 Å². The van der Waals surface area contributed by atoms with Crippen molar-refractivity contribution in [2.45, 2.75) is 38.0 Å². The van der Waals surface area contributed by atoms with Gasteiger partial charge >= 0.3 is 5.97 Å². The van der Waals surface area contributed by atoms with Gasteiger partial charge in [0.2, 0.25) is 0 Å². The number of carbonyl (C=O) groups is 1. The average Bonchev–Trinajstić information content (AvgIpc) is 2.57. The molecule has 1 atom stereocenters. The maximum absolute atomic E-state index is 11.1. The molecule has 0 aliphatic carbocycles. The van der Waals surface area contributed by atoms with Gasteiger partial charge in [-0.25, -0.2) is 0 Å². The van der Waals surface area contributed by atoms with Crippen molar-refractivity contribution in [1.82, 2.24) is 0 Å². The molecule has 0 heterocycles. The third kappa shape index (κ3) is 5.72. The normalized spacial score (nSPS) is 12.0. The van der Waals surface area contributed by atoms with Crippen molar-refractivity contribution in [1.29, 1.82) is 0 Å². The number of aryl methyl sites for hydroxylation is 2. The van der Waals surface area contributed by atoms with Crippen molar-refractivity contribution >= 4 is 17.6 Å². The summed E-state index contributed by atoms with van der Waals surface area (Å²) in [6.07, 6.45) is 2.97. The van der Waals surface area contributed by atoms with Gasteiger partial charge in [-0.2, -0.15) is 0 Å². The lowest BCUT2D eigenvalue weighted by Crippen LogP contribution is -2.01. The first-order valence-electron chi connectivity index (χ1n) is 7.94. The zero-order chi connectivity index (χ0) is 16.7. The summed E-state index contributed by atoms with van der Waals surface area (Å²) >= 11 is 6.54. The molecular weight excluding hydrogens is 308 g/mol. The van der Waals surface area contributed by atoms with Gasteiger partial charge in [-0.05, 0) is 42.9 Å². The lowest BCUT2D eigenvalue weighted by molar-refractivity contribution is -0.140. The van der Waals surface area contributed by atoms with E-state index in [1.807, 2.05) is 0 Å². The molecule has 0 saturated heterocycles. The molecule has 2 rings (SSSR count). The van der Waals surface area contributed by atoms with Gasteiger partial charge in [-0.3, -0.25) is 4.79 Å². The van der Waals surface area contributed by atoms with E-state index >= 15 is 0 Å². The van der Waals surface area contributed by atoms with Crippen LogP contribution in [0, 0.1) is 6.92 Å². The molecular formula is C20H23ClO2. The summed E-state index contributed by atoms with van der Waals surface area (Å²) in [5.41, 5.74) is 4.86. The first kappa shape index (κ1) is 17.6. The highest BCUT2D eigenvalue weighted by atomic mass is 35.5. The van der Waals surface area contributed by atoms with Crippen LogP contribution in [0.1, 0.15) is 40.5 Å². The maximum Gasteiger partial charge on any atom is 0.305 e. The van der Waals surface area contributed by atoms with E-state index in [1.165, 1.54) is 23.8 Å². The van der Waals surface area contributed by atoms with Gasteiger partial charge in [-0.1, -0.05) is 54.1 Å². The second-order valence-electron chi connectivity index (χ2n) is 5.83. The zero-order valence-corrected chi connectivity index (χ0v) is 14.5. The average molecular weight is 331 g/mol. The van der Waals surface area contributed by atoms with E-state index in [4.69, 9.17) is 11.6 Å². The topological polar surface area (TPSA) is 26.3 Å². The van der Waals surface area contributed by atoms with E-state index in [0.717, 1.165) is 24.8 Å². The monoisotopic (exact) mass is 330 g/mol. The van der Waals surface area contributed by atoms with Gasteiger partial charge in [0, 0.05) is 6.42 Å². The summed E-state index contributed by atoms with van der Waals surface area (Å²) in [5, 5.41) is -0.0261. The van der Waals surface area contributed by atoms with E-state index in [2.05, 4.69) is 60.2 Å². The Labute approximate surface area is 143 Å². The van der Waals surface area contributed by atoms with Gasteiger partial charge in [-0.15, -0.1) is 11.6 Å². The minimum Gasteiger partial charge on any atom is -0.469 e. The summed E-state index contributed by atoms with van der Waals surface area (Å²) < 4.78 is 4.65. The van der Waals surface area contributed by atoms with E-state index in [1.54, 1.807) is 0 Å². The molecule has 0 bridgehead atoms. The van der Waals surface area contributed by atoms with Crippen LogP contribution >= 0.6 is 11.6 Å². The highest BCUT2D eigenvalue weighted by molar-refractivity contribution is 6.20. The van der Waals surface area contributed by atoms with Gasteiger partial charge in [0.25, 0.3) is 0 Å². The summed E-state index contributed by atoms with van der Waals surface area (Å²) in [7, 11) is 1.42. The molecule has 0 aliphatic rings. The van der Waals surface area contributed by atoms with Crippen LogP contribution in [0.5, 0.6) is 0 Å². The Morgan fingerprint density at radius 1 is 1.04 bits per heavy atom. The fraction of sp³-hybridized carbons (Fsp3) is 0.350. The van der Waals surface area contributed by atoms with Crippen LogP contribution in [0.4, 0.5) is 0 Å². The number of methoxy groups -OCH3 is 1. The van der Waals surface area contributed by atoms with Gasteiger partial charge in [0.05, 0.1) is 12.5 Å². The third-order valence-electron chi connectivity index (χ3n) is 3.95. The Morgan fingerprint density at radius 2 is 1.65 bits per heavy atom. The van der Waals surface area contributed by atoms with Crippen LogP contribution in [0.15, 0.2) is 48.5 Å². The number of carbonyl (C=O) groups excluding carboxylic acids is 1. The summed E-state index contributed by atoms with van der Waals surface area (Å²) in [5.74, 6) is -0.152. The van der Waals surface area contributed by atoms with Gasteiger partial charge in [0.1, 0.15) is 0 Å². The minimum atomic E-state index is -0.152. The van der Waals surface area contributed by atoms with Crippen molar-refractivity contribution in [3.63, 3.8) is 0 Å². The second-order valence-corrected chi connectivity index (χ2v) is 6.36. The number of hydrogen-bond donors (Lipinski definition) is 0. The maximum atomic E-state index is 11.1. The smallest absolute Gasteiger partial charge is 0.305 e. The molecule has 2 nitrogen and oxygen atoms in total. The lowest BCUT2D eigenvalue weighted by atomic mass is 10.0. The van der Waals surface area contributed by atoms with Crippen LogP contribution in [0.3, 0.4) is 0 Å². The fourth-order valence-corrected chi connectivity index (χ4v) is 2.80. The van der Waals surface area contributed by atoms with E-state index in [9.17, 15) is 4.79 Å². The van der Waals surface area contributed by atoms with Crippen LogP contribution in [-0.2, 0) is 22.4 Å². The molecule has 1 unspecified atom stereocenters. The van der Waals surface area contributed by atoms with Crippen molar-refractivity contribution in [2.24, 2.45) is 0 Å². The largest absolute Gasteiger partial charge is 0.469 e. The summed E-state index contributed by atoms with van der Waals surface area (Å²) in [6, 6.07) is 16.8. The van der Waals surface area contributed by atoms with Crippen molar-refractivity contribution in [3.8, 4) is 0 Å². The van der Waals surface area contributed by atoms with E-state index in [-0.39, 0.29) is 11.3 Å². The van der Waals surface area contributed by atoms with Crippen molar-refractivity contribution in [2.75, 3.05) is 7.11 Å². The predicted molar refractivity (Wildman–Crippen MR) is 94.9 cm³/mol. The van der Waals surface area contributed by atoms with Gasteiger partial charge in [0.15, 0.2) is 0 Å². The Hall–Kier alpha value is -1.80. The third-order valence-corrected chi connectivity index (χ3v) is 4.36. The number of hydrogen-bond acceptors (Lipinski definition) is 2. The lowest BCUT2D eigenvalue weighted by Gasteiger charge is -2.11. The summed E-state index contributed by atoms with van der Waals surface area (Å²) in [6.45, 7) is 2.08. The molecule has 0 amide bonds. The Kier molecular flexibility index (Phi) is 6.66. The standard InChI is InChI=1S/C20H23ClO2/c1-15-6-8-17(9-7-15)14-19(21)18-12-10-16(11-13-18)4-3-5-20(22)23-2/h6-13,19H,3-5,14H2,1-2H3. The molecule has 0 fully saturated rings. The van der Waals surface area contributed by atoms with E-state index < -0.39 is 0 Å². The predicted octanol–water partition coefficient (Wildman–Crippen LogP) is 5.01. The van der Waals surface area contributed by atoms with Crippen LogP contribution < -0.4 is 0 Å². The first-order valence-corrected chi connectivity index (χ1v) is 8.37. The number of alkyl halides is 1. The second kappa shape index (κ2) is 8.73. The zero-order valence-electron chi connectivity index (χ0n) is 13.7. The number of benzene rings is 2.